The molecule has 162 valence electrons. The zero-order chi connectivity index (χ0) is 22.6. The molecule has 5 nitrogen and oxygen atoms in total. The Balaban J connectivity index is 1.50. The highest BCUT2D eigenvalue weighted by molar-refractivity contribution is 8.18. The third-order valence-electron chi connectivity index (χ3n) is 4.34. The number of carbonyl (C=O) groups excluding carboxylic acids is 3. The summed E-state index contributed by atoms with van der Waals surface area (Å²) in [6.07, 6.45) is -3.10. The number of nitrogens with one attached hydrogen (secondary N) is 1. The first kappa shape index (κ1) is 22.5. The maximum Gasteiger partial charge on any atom is 0.416 e. The summed E-state index contributed by atoms with van der Waals surface area (Å²) < 4.78 is 50.7. The summed E-state index contributed by atoms with van der Waals surface area (Å²) in [5, 5.41) is 2.05. The molecule has 0 bridgehead atoms. The van der Waals surface area contributed by atoms with Crippen molar-refractivity contribution >= 4 is 34.9 Å². The van der Waals surface area contributed by atoms with Gasteiger partial charge in [0.1, 0.15) is 5.82 Å². The number of thioether (sulfide) groups is 1. The first-order valence-electron chi connectivity index (χ1n) is 9.07. The van der Waals surface area contributed by atoms with Gasteiger partial charge in [-0.3, -0.25) is 19.3 Å². The molecule has 1 heterocycles. The third-order valence-corrected chi connectivity index (χ3v) is 5.25. The van der Waals surface area contributed by atoms with Crippen LogP contribution in [-0.4, -0.2) is 35.0 Å². The van der Waals surface area contributed by atoms with E-state index in [1.807, 2.05) is 0 Å². The van der Waals surface area contributed by atoms with Gasteiger partial charge in [0.15, 0.2) is 0 Å². The van der Waals surface area contributed by atoms with E-state index in [1.165, 1.54) is 42.5 Å². The van der Waals surface area contributed by atoms with Crippen molar-refractivity contribution in [2.75, 3.05) is 13.1 Å². The molecular weight excluding hydrogens is 436 g/mol. The Kier molecular flexibility index (Phi) is 6.79. The van der Waals surface area contributed by atoms with E-state index in [1.54, 1.807) is 0 Å². The lowest BCUT2D eigenvalue weighted by atomic mass is 10.1. The van der Waals surface area contributed by atoms with Crippen LogP contribution in [0.4, 0.5) is 22.4 Å². The van der Waals surface area contributed by atoms with Crippen LogP contribution in [0.2, 0.25) is 0 Å². The summed E-state index contributed by atoms with van der Waals surface area (Å²) in [7, 11) is 0. The molecule has 1 fully saturated rings. The van der Waals surface area contributed by atoms with Crippen LogP contribution in [-0.2, 0) is 22.2 Å². The molecule has 0 aromatic heterocycles. The smallest absolute Gasteiger partial charge is 0.354 e. The molecule has 3 rings (SSSR count). The number of amides is 3. The van der Waals surface area contributed by atoms with Crippen LogP contribution in [0.1, 0.15) is 16.7 Å². The molecular formula is C21H16F4N2O3S. The van der Waals surface area contributed by atoms with Crippen LogP contribution in [0.5, 0.6) is 0 Å². The number of imide groups is 1. The van der Waals surface area contributed by atoms with E-state index in [2.05, 4.69) is 5.32 Å². The highest BCUT2D eigenvalue weighted by Crippen LogP contribution is 2.32. The second-order valence-electron chi connectivity index (χ2n) is 6.61. The number of nitrogens with zero attached hydrogens (tertiary/aromatic N) is 1. The van der Waals surface area contributed by atoms with Crippen molar-refractivity contribution in [2.45, 2.75) is 12.6 Å². The van der Waals surface area contributed by atoms with Crippen LogP contribution >= 0.6 is 11.8 Å². The lowest BCUT2D eigenvalue weighted by molar-refractivity contribution is -0.137. The summed E-state index contributed by atoms with van der Waals surface area (Å²) in [5.41, 5.74) is 0.167. The standard InChI is InChI=1S/C21H16F4N2O3S/c22-16-7-3-13(4-8-16)11-17-19(29)27(20(30)31-17)10-9-26-18(28)12-14-1-5-15(6-2-14)21(23,24)25/h1-8,11H,9-10,12H2,(H,26,28)/b17-11-. The fourth-order valence-electron chi connectivity index (χ4n) is 2.77. The van der Waals surface area contributed by atoms with Gasteiger partial charge < -0.3 is 5.32 Å². The minimum absolute atomic E-state index is 0.00133. The molecule has 1 N–H and O–H groups in total. The average Bonchev–Trinajstić information content (AvgIpc) is 2.97. The molecule has 1 aliphatic rings. The number of hydrogen-bond donors (Lipinski definition) is 1. The Labute approximate surface area is 179 Å². The quantitative estimate of drug-likeness (QED) is 0.526. The number of benzene rings is 2. The highest BCUT2D eigenvalue weighted by atomic mass is 32.2. The number of hydrogen-bond acceptors (Lipinski definition) is 4. The predicted molar refractivity (Wildman–Crippen MR) is 107 cm³/mol. The van der Waals surface area contributed by atoms with Crippen LogP contribution in [0, 0.1) is 5.82 Å². The molecule has 31 heavy (non-hydrogen) atoms. The second kappa shape index (κ2) is 9.34. The molecule has 0 aliphatic carbocycles. The molecule has 0 atom stereocenters. The first-order valence-corrected chi connectivity index (χ1v) is 9.89. The Hall–Kier alpha value is -3.14. The topological polar surface area (TPSA) is 66.5 Å². The van der Waals surface area contributed by atoms with Crippen molar-refractivity contribution in [3.63, 3.8) is 0 Å². The highest BCUT2D eigenvalue weighted by Gasteiger charge is 2.34. The molecule has 1 saturated heterocycles. The minimum atomic E-state index is -4.45. The maximum atomic E-state index is 13.0. The summed E-state index contributed by atoms with van der Waals surface area (Å²) in [4.78, 5) is 37.7. The first-order chi connectivity index (χ1) is 14.6. The van der Waals surface area contributed by atoms with Crippen molar-refractivity contribution in [2.24, 2.45) is 0 Å². The average molecular weight is 452 g/mol. The SMILES string of the molecule is O=C(Cc1ccc(C(F)(F)F)cc1)NCCN1C(=O)S/C(=C\c2ccc(F)cc2)C1=O. The van der Waals surface area contributed by atoms with Crippen molar-refractivity contribution in [1.29, 1.82) is 0 Å². The van der Waals surface area contributed by atoms with Crippen LogP contribution in [0.25, 0.3) is 6.08 Å². The Morgan fingerprint density at radius 3 is 2.29 bits per heavy atom. The van der Waals surface area contributed by atoms with Gasteiger partial charge in [-0.1, -0.05) is 24.3 Å². The van der Waals surface area contributed by atoms with E-state index in [0.29, 0.717) is 11.1 Å². The fraction of sp³-hybridized carbons (Fsp3) is 0.190. The summed E-state index contributed by atoms with van der Waals surface area (Å²) >= 11 is 0.746. The second-order valence-corrected chi connectivity index (χ2v) is 7.60. The largest absolute Gasteiger partial charge is 0.416 e. The maximum absolute atomic E-state index is 13.0. The van der Waals surface area contributed by atoms with Gasteiger partial charge in [-0.2, -0.15) is 13.2 Å². The van der Waals surface area contributed by atoms with Crippen molar-refractivity contribution in [3.05, 3.63) is 75.9 Å². The monoisotopic (exact) mass is 452 g/mol. The van der Waals surface area contributed by atoms with Gasteiger partial charge in [-0.15, -0.1) is 0 Å². The van der Waals surface area contributed by atoms with Gasteiger partial charge in [0.2, 0.25) is 5.91 Å². The van der Waals surface area contributed by atoms with Gasteiger partial charge >= 0.3 is 6.18 Å². The van der Waals surface area contributed by atoms with Gasteiger partial charge in [-0.25, -0.2) is 4.39 Å². The number of rotatable bonds is 6. The van der Waals surface area contributed by atoms with E-state index < -0.39 is 34.6 Å². The van der Waals surface area contributed by atoms with Crippen LogP contribution < -0.4 is 5.32 Å². The van der Waals surface area contributed by atoms with Crippen LogP contribution in [0.15, 0.2) is 53.4 Å². The summed E-state index contributed by atoms with van der Waals surface area (Å²) in [6.45, 7) is -0.0501. The molecule has 3 amide bonds. The summed E-state index contributed by atoms with van der Waals surface area (Å²) in [5.74, 6) is -1.39. The van der Waals surface area contributed by atoms with E-state index in [9.17, 15) is 31.9 Å². The number of carbonyl (C=O) groups is 3. The van der Waals surface area contributed by atoms with Crippen molar-refractivity contribution in [1.82, 2.24) is 10.2 Å². The van der Waals surface area contributed by atoms with Gasteiger partial charge in [-0.05, 0) is 53.2 Å². The normalized spacial score (nSPS) is 15.6. The van der Waals surface area contributed by atoms with E-state index in [-0.39, 0.29) is 24.4 Å². The van der Waals surface area contributed by atoms with Gasteiger partial charge in [0.25, 0.3) is 11.1 Å². The Morgan fingerprint density at radius 1 is 1.03 bits per heavy atom. The Morgan fingerprint density at radius 2 is 1.68 bits per heavy atom. The minimum Gasteiger partial charge on any atom is -0.354 e. The summed E-state index contributed by atoms with van der Waals surface area (Å²) in [6, 6.07) is 9.67. The lowest BCUT2D eigenvalue weighted by Crippen LogP contribution is -2.37. The van der Waals surface area contributed by atoms with E-state index in [4.69, 9.17) is 0 Å². The zero-order valence-electron chi connectivity index (χ0n) is 15.9. The predicted octanol–water partition coefficient (Wildman–Crippen LogP) is 4.24. The van der Waals surface area contributed by atoms with Crippen molar-refractivity contribution in [3.8, 4) is 0 Å². The lowest BCUT2D eigenvalue weighted by Gasteiger charge is -2.13. The number of alkyl halides is 3. The fourth-order valence-corrected chi connectivity index (χ4v) is 3.63. The molecule has 2 aromatic rings. The van der Waals surface area contributed by atoms with Gasteiger partial charge in [0, 0.05) is 13.1 Å². The molecule has 0 unspecified atom stereocenters. The molecule has 0 saturated carbocycles. The van der Waals surface area contributed by atoms with E-state index >= 15 is 0 Å². The zero-order valence-corrected chi connectivity index (χ0v) is 16.7. The van der Waals surface area contributed by atoms with Crippen LogP contribution in [0.3, 0.4) is 0 Å². The Bertz CT molecular complexity index is 1020. The number of halogens is 4. The van der Waals surface area contributed by atoms with Crippen molar-refractivity contribution < 1.29 is 31.9 Å². The molecule has 2 aromatic carbocycles. The van der Waals surface area contributed by atoms with E-state index in [0.717, 1.165) is 28.8 Å². The third kappa shape index (κ3) is 5.94. The van der Waals surface area contributed by atoms with Gasteiger partial charge in [0.05, 0.1) is 16.9 Å². The molecule has 1 aliphatic heterocycles. The molecule has 0 spiro atoms. The molecule has 0 radical (unpaired) electrons. The molecule has 10 heteroatoms.